The number of aryl methyl sites for hydroxylation is 1. The van der Waals surface area contributed by atoms with Gasteiger partial charge in [0.15, 0.2) is 5.75 Å². The minimum absolute atomic E-state index is 0.0274. The van der Waals surface area contributed by atoms with Crippen LogP contribution < -0.4 is 4.74 Å². The molecule has 0 aliphatic heterocycles. The highest BCUT2D eigenvalue weighted by Crippen LogP contribution is 2.29. The first-order valence-corrected chi connectivity index (χ1v) is 5.36. The molecule has 0 radical (unpaired) electrons. The van der Waals surface area contributed by atoms with Gasteiger partial charge in [-0.15, -0.1) is 0 Å². The number of thioether (sulfide) groups is 1. The van der Waals surface area contributed by atoms with Crippen molar-refractivity contribution in [3.05, 3.63) is 12.4 Å². The van der Waals surface area contributed by atoms with Crippen LogP contribution in [0.1, 0.15) is 6.92 Å². The van der Waals surface area contributed by atoms with Gasteiger partial charge in [-0.1, -0.05) is 0 Å². The van der Waals surface area contributed by atoms with E-state index in [2.05, 4.69) is 5.10 Å². The van der Waals surface area contributed by atoms with Crippen LogP contribution in [0.4, 0.5) is 13.2 Å². The Morgan fingerprint density at radius 3 is 2.80 bits per heavy atom. The minimum atomic E-state index is -4.18. The van der Waals surface area contributed by atoms with Crippen molar-refractivity contribution in [2.45, 2.75) is 19.0 Å². The lowest BCUT2D eigenvalue weighted by Crippen LogP contribution is -2.07. The van der Waals surface area contributed by atoms with E-state index in [0.717, 1.165) is 0 Å². The monoisotopic (exact) mass is 240 g/mol. The molecule has 0 spiro atoms. The van der Waals surface area contributed by atoms with Gasteiger partial charge < -0.3 is 4.74 Å². The van der Waals surface area contributed by atoms with Crippen LogP contribution in [-0.4, -0.2) is 27.6 Å². The van der Waals surface area contributed by atoms with Gasteiger partial charge in [0.1, 0.15) is 0 Å². The SMILES string of the molecule is CCn1cc(OCCSC(F)(F)F)cn1. The normalized spacial score (nSPS) is 11.7. The van der Waals surface area contributed by atoms with Crippen molar-refractivity contribution >= 4 is 11.8 Å². The minimum Gasteiger partial charge on any atom is -0.489 e. The van der Waals surface area contributed by atoms with Gasteiger partial charge in [0.25, 0.3) is 0 Å². The van der Waals surface area contributed by atoms with Gasteiger partial charge >= 0.3 is 5.51 Å². The van der Waals surface area contributed by atoms with E-state index in [4.69, 9.17) is 4.74 Å². The zero-order chi connectivity index (χ0) is 11.3. The molecule has 0 aromatic carbocycles. The Hall–Kier alpha value is -0.850. The summed E-state index contributed by atoms with van der Waals surface area (Å²) in [5.74, 6) is 0.389. The molecule has 1 aromatic heterocycles. The standard InChI is InChI=1S/C8H11F3N2OS/c1-2-13-6-7(5-12-13)14-3-4-15-8(9,10)11/h5-6H,2-4H2,1H3. The molecule has 0 saturated carbocycles. The summed E-state index contributed by atoms with van der Waals surface area (Å²) in [5, 5.41) is 3.92. The summed E-state index contributed by atoms with van der Waals surface area (Å²) in [5.41, 5.74) is -4.18. The quantitative estimate of drug-likeness (QED) is 0.740. The lowest BCUT2D eigenvalue weighted by Gasteiger charge is -2.05. The van der Waals surface area contributed by atoms with Crippen LogP contribution in [0.25, 0.3) is 0 Å². The Morgan fingerprint density at radius 1 is 1.53 bits per heavy atom. The van der Waals surface area contributed by atoms with Crippen molar-refractivity contribution in [1.82, 2.24) is 9.78 Å². The van der Waals surface area contributed by atoms with E-state index in [-0.39, 0.29) is 24.1 Å². The third-order valence-corrected chi connectivity index (χ3v) is 2.25. The van der Waals surface area contributed by atoms with Crippen LogP contribution in [-0.2, 0) is 6.54 Å². The van der Waals surface area contributed by atoms with Gasteiger partial charge in [0.05, 0.1) is 19.0 Å². The molecule has 0 unspecified atom stereocenters. The first-order chi connectivity index (χ1) is 7.01. The molecule has 0 N–H and O–H groups in total. The number of alkyl halides is 3. The number of nitrogens with zero attached hydrogens (tertiary/aromatic N) is 2. The molecule has 0 aliphatic carbocycles. The predicted octanol–water partition coefficient (Wildman–Crippen LogP) is 2.53. The Morgan fingerprint density at radius 2 is 2.27 bits per heavy atom. The van der Waals surface area contributed by atoms with Crippen molar-refractivity contribution in [2.24, 2.45) is 0 Å². The molecule has 7 heteroatoms. The Labute approximate surface area is 89.6 Å². The van der Waals surface area contributed by atoms with Crippen molar-refractivity contribution in [1.29, 1.82) is 0 Å². The summed E-state index contributed by atoms with van der Waals surface area (Å²) in [4.78, 5) is 0. The number of hydrogen-bond acceptors (Lipinski definition) is 3. The van der Waals surface area contributed by atoms with E-state index in [9.17, 15) is 13.2 Å². The zero-order valence-corrected chi connectivity index (χ0v) is 8.94. The average Bonchev–Trinajstić information content (AvgIpc) is 2.59. The summed E-state index contributed by atoms with van der Waals surface area (Å²) in [6.07, 6.45) is 3.14. The first-order valence-electron chi connectivity index (χ1n) is 4.37. The van der Waals surface area contributed by atoms with Gasteiger partial charge in [-0.25, -0.2) is 0 Å². The van der Waals surface area contributed by atoms with Crippen LogP contribution >= 0.6 is 11.8 Å². The fraction of sp³-hybridized carbons (Fsp3) is 0.625. The summed E-state index contributed by atoms with van der Waals surface area (Å²) >= 11 is -0.0868. The van der Waals surface area contributed by atoms with Crippen molar-refractivity contribution in [3.63, 3.8) is 0 Å². The third-order valence-electron chi connectivity index (χ3n) is 1.55. The van der Waals surface area contributed by atoms with Crippen molar-refractivity contribution in [2.75, 3.05) is 12.4 Å². The van der Waals surface area contributed by atoms with E-state index >= 15 is 0 Å². The molecule has 0 saturated heterocycles. The van der Waals surface area contributed by atoms with Crippen molar-refractivity contribution < 1.29 is 17.9 Å². The number of ether oxygens (including phenoxy) is 1. The second-order valence-electron chi connectivity index (χ2n) is 2.67. The average molecular weight is 240 g/mol. The smallest absolute Gasteiger partial charge is 0.441 e. The molecule has 1 heterocycles. The maximum atomic E-state index is 11.7. The lowest BCUT2D eigenvalue weighted by molar-refractivity contribution is -0.0329. The molecule has 0 bridgehead atoms. The van der Waals surface area contributed by atoms with Crippen molar-refractivity contribution in [3.8, 4) is 5.75 Å². The molecule has 0 fully saturated rings. The Kier molecular flexibility index (Phi) is 4.31. The molecule has 86 valence electrons. The van der Waals surface area contributed by atoms with E-state index < -0.39 is 5.51 Å². The summed E-state index contributed by atoms with van der Waals surface area (Å²) < 4.78 is 41.9. The predicted molar refractivity (Wildman–Crippen MR) is 51.9 cm³/mol. The Balaban J connectivity index is 2.20. The van der Waals surface area contributed by atoms with E-state index in [0.29, 0.717) is 12.3 Å². The van der Waals surface area contributed by atoms with Crippen LogP contribution in [0.5, 0.6) is 5.75 Å². The number of rotatable bonds is 5. The highest BCUT2D eigenvalue weighted by Gasteiger charge is 2.27. The fourth-order valence-electron chi connectivity index (χ4n) is 0.909. The van der Waals surface area contributed by atoms with Gasteiger partial charge in [-0.3, -0.25) is 4.68 Å². The molecule has 1 rings (SSSR count). The first kappa shape index (κ1) is 12.2. The maximum Gasteiger partial charge on any atom is 0.441 e. The maximum absolute atomic E-state index is 11.7. The van der Waals surface area contributed by atoms with Crippen LogP contribution in [0.3, 0.4) is 0 Å². The van der Waals surface area contributed by atoms with Crippen LogP contribution in [0.15, 0.2) is 12.4 Å². The zero-order valence-electron chi connectivity index (χ0n) is 8.12. The molecule has 0 amide bonds. The second-order valence-corrected chi connectivity index (χ2v) is 3.83. The number of hydrogen-bond donors (Lipinski definition) is 0. The summed E-state index contributed by atoms with van der Waals surface area (Å²) in [7, 11) is 0. The largest absolute Gasteiger partial charge is 0.489 e. The highest BCUT2D eigenvalue weighted by atomic mass is 32.2. The molecular formula is C8H11F3N2OS. The van der Waals surface area contributed by atoms with Crippen LogP contribution in [0, 0.1) is 0 Å². The van der Waals surface area contributed by atoms with Gasteiger partial charge in [-0.05, 0) is 18.7 Å². The van der Waals surface area contributed by atoms with Gasteiger partial charge in [-0.2, -0.15) is 18.3 Å². The molecule has 1 aromatic rings. The molecule has 3 nitrogen and oxygen atoms in total. The molecular weight excluding hydrogens is 229 g/mol. The Bertz CT molecular complexity index is 300. The number of halogens is 3. The second kappa shape index (κ2) is 5.29. The van der Waals surface area contributed by atoms with E-state index in [1.54, 1.807) is 10.9 Å². The summed E-state index contributed by atoms with van der Waals surface area (Å²) in [6.45, 7) is 2.65. The van der Waals surface area contributed by atoms with Gasteiger partial charge in [0, 0.05) is 12.3 Å². The van der Waals surface area contributed by atoms with E-state index in [1.165, 1.54) is 6.20 Å². The van der Waals surface area contributed by atoms with Gasteiger partial charge in [0.2, 0.25) is 0 Å². The van der Waals surface area contributed by atoms with Crippen LogP contribution in [0.2, 0.25) is 0 Å². The number of aromatic nitrogens is 2. The third kappa shape index (κ3) is 4.96. The summed E-state index contributed by atoms with van der Waals surface area (Å²) in [6, 6.07) is 0. The highest BCUT2D eigenvalue weighted by molar-refractivity contribution is 8.00. The molecule has 15 heavy (non-hydrogen) atoms. The lowest BCUT2D eigenvalue weighted by atomic mass is 10.6. The fourth-order valence-corrected chi connectivity index (χ4v) is 1.31. The van der Waals surface area contributed by atoms with E-state index in [1.807, 2.05) is 6.92 Å². The molecule has 0 atom stereocenters. The topological polar surface area (TPSA) is 27.1 Å². The molecule has 0 aliphatic rings.